The lowest BCUT2D eigenvalue weighted by molar-refractivity contribution is -0.357. The van der Waals surface area contributed by atoms with Gasteiger partial charge < -0.3 is 114 Å². The van der Waals surface area contributed by atoms with Gasteiger partial charge in [-0.05, 0) is 60.2 Å². The van der Waals surface area contributed by atoms with Crippen molar-refractivity contribution in [3.8, 4) is 57.3 Å². The summed E-state index contributed by atoms with van der Waals surface area (Å²) in [6.45, 7) is -2.42. The van der Waals surface area contributed by atoms with Crippen molar-refractivity contribution in [3.63, 3.8) is 0 Å². The molecule has 3 aliphatic heterocycles. The molecular weight excluding hydrogens is 1000 g/mol. The van der Waals surface area contributed by atoms with Crippen LogP contribution in [0, 0.1) is 0 Å². The summed E-state index contributed by atoms with van der Waals surface area (Å²) in [5, 5.41) is 158. The standard InChI is InChI=1S/C49H50O26/c50-16-32-36(58)39(61)42(64)47(72-32)70-30-14-23(52)13-29-24(30)15-31(44(69-29)21-5-9-26(54)28(56)12-21)71-49-45(41(63)38(60)33(74-49)17-67-35(57)10-2-19-1-8-25(53)27(55)11-19)75-48-43(65)40(62)37(59)34(73-48)18-68-46(66)20-3-6-22(51)7-4-20/h1-15,32-34,36-43,45,47-50,58-65H,16-18H2,(H5-,51,52,53,54,55,56,57,66)/p+1/t32-,33-,34-,36-,37-,38-,39+,40+,41+,42-,43-,45-,47-,48+,49+/m1/s1. The van der Waals surface area contributed by atoms with Gasteiger partial charge in [0.1, 0.15) is 103 Å². The molecule has 402 valence electrons. The molecule has 26 heteroatoms. The average Bonchev–Trinajstić information content (AvgIpc) is 3.39. The molecule has 4 heterocycles. The molecule has 4 aromatic carbocycles. The Bertz CT molecular complexity index is 2860. The van der Waals surface area contributed by atoms with Gasteiger partial charge in [0.2, 0.25) is 18.3 Å². The van der Waals surface area contributed by atoms with E-state index < -0.39 is 158 Å². The molecule has 0 aliphatic carbocycles. The van der Waals surface area contributed by atoms with Gasteiger partial charge in [-0.1, -0.05) is 6.07 Å². The second kappa shape index (κ2) is 22.8. The normalized spacial score (nSPS) is 30.0. The molecule has 0 saturated carbocycles. The third kappa shape index (κ3) is 11.9. The number of phenols is 6. The number of aromatic hydroxyl groups is 6. The predicted octanol–water partition coefficient (Wildman–Crippen LogP) is -1.07. The minimum absolute atomic E-state index is 0.0245. The van der Waals surface area contributed by atoms with E-state index in [-0.39, 0.29) is 44.9 Å². The zero-order valence-corrected chi connectivity index (χ0v) is 38.6. The van der Waals surface area contributed by atoms with Crippen LogP contribution in [0.4, 0.5) is 0 Å². The minimum Gasteiger partial charge on any atom is -0.508 e. The smallest absolute Gasteiger partial charge is 0.402 e. The second-order valence-electron chi connectivity index (χ2n) is 17.4. The summed E-state index contributed by atoms with van der Waals surface area (Å²) in [5.41, 5.74) is -0.0365. The molecule has 3 saturated heterocycles. The zero-order chi connectivity index (χ0) is 54.0. The lowest BCUT2D eigenvalue weighted by Gasteiger charge is -2.45. The molecule has 15 atom stereocenters. The third-order valence-corrected chi connectivity index (χ3v) is 12.3. The molecule has 75 heavy (non-hydrogen) atoms. The summed E-state index contributed by atoms with van der Waals surface area (Å²) in [4.78, 5) is 25.7. The molecule has 0 unspecified atom stereocenters. The molecular formula is C49H51O26+. The highest BCUT2D eigenvalue weighted by molar-refractivity contribution is 5.90. The highest BCUT2D eigenvalue weighted by Gasteiger charge is 2.53. The Labute approximate surface area is 422 Å². The fourth-order valence-corrected chi connectivity index (χ4v) is 8.10. The Morgan fingerprint density at radius 2 is 1.13 bits per heavy atom. The third-order valence-electron chi connectivity index (χ3n) is 12.3. The van der Waals surface area contributed by atoms with Crippen molar-refractivity contribution in [2.45, 2.75) is 92.1 Å². The van der Waals surface area contributed by atoms with Crippen LogP contribution in [0.2, 0.25) is 0 Å². The topological polar surface area (TPSA) is 423 Å². The number of phenolic OH excluding ortho intramolecular Hbond substituents is 6. The molecule has 1 aromatic heterocycles. The van der Waals surface area contributed by atoms with Crippen LogP contribution in [0.25, 0.3) is 28.4 Å². The molecule has 15 N–H and O–H groups in total. The number of benzene rings is 4. The first-order valence-electron chi connectivity index (χ1n) is 22.7. The molecule has 0 radical (unpaired) electrons. The average molecular weight is 1060 g/mol. The number of carbonyl (C=O) groups is 2. The van der Waals surface area contributed by atoms with E-state index in [0.29, 0.717) is 0 Å². The molecule has 3 aliphatic rings. The number of esters is 2. The van der Waals surface area contributed by atoms with Crippen molar-refractivity contribution in [1.82, 2.24) is 0 Å². The van der Waals surface area contributed by atoms with Crippen LogP contribution in [0.1, 0.15) is 15.9 Å². The number of hydrogen-bond acceptors (Lipinski definition) is 25. The quantitative estimate of drug-likeness (QED) is 0.0257. The van der Waals surface area contributed by atoms with E-state index in [1.165, 1.54) is 48.5 Å². The van der Waals surface area contributed by atoms with Gasteiger partial charge in [0, 0.05) is 24.3 Å². The number of carbonyl (C=O) groups excluding carboxylic acids is 2. The van der Waals surface area contributed by atoms with E-state index >= 15 is 0 Å². The molecule has 26 nitrogen and oxygen atoms in total. The van der Waals surface area contributed by atoms with E-state index in [1.807, 2.05) is 0 Å². The summed E-state index contributed by atoms with van der Waals surface area (Å²) in [7, 11) is 0. The second-order valence-corrected chi connectivity index (χ2v) is 17.4. The van der Waals surface area contributed by atoms with E-state index in [4.69, 9.17) is 42.3 Å². The Morgan fingerprint density at radius 1 is 0.547 bits per heavy atom. The lowest BCUT2D eigenvalue weighted by atomic mass is 9.97. The first kappa shape index (κ1) is 54.1. The maximum Gasteiger partial charge on any atom is 0.402 e. The SMILES string of the molecule is O=C(C=Cc1ccc(O)c(O)c1)OC[C@H]1O[C@H](Oc2cc3c(O[C@@H]4O[C@H](CO)[C@@H](O)[C@H](O)[C@H]4O)cc(O)cc3[o+]c2-c2ccc(O)c(O)c2)[C@H](O[C@@H]2O[C@H](COC(=O)c3ccc(O)cc3)[C@@H](O)[C@H](O)[C@H]2O)[C@@H](O)[C@@H]1O. The Balaban J connectivity index is 1.15. The summed E-state index contributed by atoms with van der Waals surface area (Å²) in [6.07, 6.45) is -26.6. The Hall–Kier alpha value is -7.15. The van der Waals surface area contributed by atoms with Crippen molar-refractivity contribution in [2.75, 3.05) is 19.8 Å². The van der Waals surface area contributed by atoms with Crippen LogP contribution >= 0.6 is 0 Å². The largest absolute Gasteiger partial charge is 0.508 e. The highest BCUT2D eigenvalue weighted by atomic mass is 16.8. The van der Waals surface area contributed by atoms with Gasteiger partial charge in [-0.25, -0.2) is 14.0 Å². The number of rotatable bonds is 15. The van der Waals surface area contributed by atoms with E-state index in [2.05, 4.69) is 0 Å². The zero-order valence-electron chi connectivity index (χ0n) is 38.6. The van der Waals surface area contributed by atoms with Crippen LogP contribution in [0.15, 0.2) is 89.4 Å². The first-order valence-corrected chi connectivity index (χ1v) is 22.7. The fraction of sp³-hybridized carbons (Fsp3) is 0.367. The van der Waals surface area contributed by atoms with Crippen molar-refractivity contribution < 1.29 is 128 Å². The summed E-state index contributed by atoms with van der Waals surface area (Å²) >= 11 is 0. The number of fused-ring (bicyclic) bond motifs is 1. The van der Waals surface area contributed by atoms with Crippen molar-refractivity contribution >= 4 is 29.0 Å². The van der Waals surface area contributed by atoms with Gasteiger partial charge in [-0.2, -0.15) is 0 Å². The predicted molar refractivity (Wildman–Crippen MR) is 246 cm³/mol. The Morgan fingerprint density at radius 3 is 1.80 bits per heavy atom. The van der Waals surface area contributed by atoms with Gasteiger partial charge in [0.15, 0.2) is 35.4 Å². The number of aliphatic hydroxyl groups excluding tert-OH is 9. The van der Waals surface area contributed by atoms with E-state index in [1.54, 1.807) is 0 Å². The summed E-state index contributed by atoms with van der Waals surface area (Å²) < 4.78 is 52.4. The van der Waals surface area contributed by atoms with Crippen LogP contribution in [0.3, 0.4) is 0 Å². The van der Waals surface area contributed by atoms with Crippen molar-refractivity contribution in [3.05, 3.63) is 96.1 Å². The summed E-state index contributed by atoms with van der Waals surface area (Å²) in [6, 6.07) is 15.2. The van der Waals surface area contributed by atoms with Crippen LogP contribution in [-0.4, -0.2) is 200 Å². The van der Waals surface area contributed by atoms with Gasteiger partial charge in [-0.3, -0.25) is 0 Å². The molecule has 3 fully saturated rings. The van der Waals surface area contributed by atoms with Crippen LogP contribution in [-0.2, 0) is 33.2 Å². The molecule has 0 bridgehead atoms. The molecule has 5 aromatic rings. The van der Waals surface area contributed by atoms with Crippen molar-refractivity contribution in [1.29, 1.82) is 0 Å². The van der Waals surface area contributed by atoms with Crippen molar-refractivity contribution in [2.24, 2.45) is 0 Å². The maximum absolute atomic E-state index is 12.9. The minimum atomic E-state index is -2.17. The fourth-order valence-electron chi connectivity index (χ4n) is 8.10. The lowest BCUT2D eigenvalue weighted by Crippen LogP contribution is -2.65. The number of ether oxygens (including phenoxy) is 8. The van der Waals surface area contributed by atoms with Gasteiger partial charge in [-0.15, -0.1) is 0 Å². The first-order chi connectivity index (χ1) is 35.7. The summed E-state index contributed by atoms with van der Waals surface area (Å²) in [5.74, 6) is -5.96. The van der Waals surface area contributed by atoms with Gasteiger partial charge in [0.05, 0.1) is 23.8 Å². The highest BCUT2D eigenvalue weighted by Crippen LogP contribution is 2.44. The van der Waals surface area contributed by atoms with Crippen LogP contribution < -0.4 is 9.47 Å². The van der Waals surface area contributed by atoms with E-state index in [9.17, 15) is 86.2 Å². The van der Waals surface area contributed by atoms with Gasteiger partial charge >= 0.3 is 23.3 Å². The van der Waals surface area contributed by atoms with Gasteiger partial charge in [0.25, 0.3) is 0 Å². The maximum atomic E-state index is 12.9. The number of aliphatic hydroxyl groups is 9. The van der Waals surface area contributed by atoms with Crippen LogP contribution in [0.5, 0.6) is 46.0 Å². The Kier molecular flexibility index (Phi) is 16.4. The number of hydrogen-bond donors (Lipinski definition) is 15. The monoisotopic (exact) mass is 1060 g/mol. The molecule has 0 spiro atoms. The van der Waals surface area contributed by atoms with E-state index in [0.717, 1.165) is 42.5 Å². The molecule has 0 amide bonds. The molecule has 8 rings (SSSR count).